The Kier molecular flexibility index (Phi) is 8.70. The van der Waals surface area contributed by atoms with Crippen LogP contribution in [0.4, 0.5) is 5.69 Å². The Hall–Kier alpha value is -2.94. The molecule has 1 aromatic heterocycles. The fraction of sp³-hybridized carbons (Fsp3) is 0.462. The first-order valence-corrected chi connectivity index (χ1v) is 11.4. The molecule has 0 saturated carbocycles. The van der Waals surface area contributed by atoms with Crippen LogP contribution in [0.2, 0.25) is 0 Å². The fourth-order valence-electron chi connectivity index (χ4n) is 4.37. The van der Waals surface area contributed by atoms with Gasteiger partial charge in [0, 0.05) is 36.0 Å². The molecular weight excluding hydrogens is 512 g/mol. The number of aliphatic carboxylic acids is 1. The van der Waals surface area contributed by atoms with E-state index in [-0.39, 0.29) is 47.1 Å². The highest BCUT2D eigenvalue weighted by Gasteiger charge is 2.31. The van der Waals surface area contributed by atoms with Crippen LogP contribution in [0, 0.1) is 19.3 Å². The third-order valence-electron chi connectivity index (χ3n) is 6.11. The van der Waals surface area contributed by atoms with Crippen LogP contribution in [-0.4, -0.2) is 59.3 Å². The molecule has 9 heteroatoms. The second kappa shape index (κ2) is 10.8. The molecule has 1 aromatic carbocycles. The number of benzene rings is 1. The Labute approximate surface area is 217 Å². The van der Waals surface area contributed by atoms with Crippen molar-refractivity contribution in [3.05, 3.63) is 51.8 Å². The van der Waals surface area contributed by atoms with Gasteiger partial charge in [0.15, 0.2) is 5.78 Å². The van der Waals surface area contributed by atoms with Crippen molar-refractivity contribution < 1.29 is 19.4 Å². The molecule has 2 N–H and O–H groups in total. The minimum Gasteiger partial charge on any atom is -0.492 e. The van der Waals surface area contributed by atoms with Crippen molar-refractivity contribution in [2.75, 3.05) is 31.6 Å². The first kappa shape index (κ1) is 28.3. The van der Waals surface area contributed by atoms with Crippen molar-refractivity contribution in [2.24, 2.45) is 0 Å². The van der Waals surface area contributed by atoms with Gasteiger partial charge in [-0.25, -0.2) is 4.98 Å². The van der Waals surface area contributed by atoms with Crippen LogP contribution in [0.5, 0.6) is 5.75 Å². The number of amidine groups is 1. The van der Waals surface area contributed by atoms with E-state index < -0.39 is 5.97 Å². The number of pyridine rings is 1. The number of nitrogens with zero attached hydrogens (tertiary/aromatic N) is 3. The molecule has 1 aliphatic heterocycles. The van der Waals surface area contributed by atoms with Gasteiger partial charge in [-0.3, -0.25) is 15.0 Å². The maximum Gasteiger partial charge on any atom is 0.323 e. The molecule has 2 heterocycles. The molecule has 35 heavy (non-hydrogen) atoms. The summed E-state index contributed by atoms with van der Waals surface area (Å²) < 4.78 is 5.75. The van der Waals surface area contributed by atoms with Crippen LogP contribution in [0.15, 0.2) is 18.2 Å². The smallest absolute Gasteiger partial charge is 0.323 e. The first-order chi connectivity index (χ1) is 15.8. The molecule has 0 saturated heterocycles. The second-order valence-electron chi connectivity index (χ2n) is 9.77. The summed E-state index contributed by atoms with van der Waals surface area (Å²) in [5, 5.41) is 17.8. The predicted molar refractivity (Wildman–Crippen MR) is 143 cm³/mol. The van der Waals surface area contributed by atoms with Crippen molar-refractivity contribution in [1.82, 2.24) is 9.88 Å². The Balaban J connectivity index is 0.00000432. The molecule has 2 aromatic rings. The van der Waals surface area contributed by atoms with Gasteiger partial charge in [-0.05, 0) is 49.9 Å². The van der Waals surface area contributed by atoms with Crippen LogP contribution in [0.1, 0.15) is 66.1 Å². The van der Waals surface area contributed by atoms with E-state index in [2.05, 4.69) is 4.98 Å². The van der Waals surface area contributed by atoms with E-state index >= 15 is 0 Å². The van der Waals surface area contributed by atoms with E-state index in [1.165, 1.54) is 0 Å². The summed E-state index contributed by atoms with van der Waals surface area (Å²) in [5.41, 5.74) is 5.17. The predicted octanol–water partition coefficient (Wildman–Crippen LogP) is 4.52. The molecule has 0 bridgehead atoms. The average Bonchev–Trinajstić information content (AvgIpc) is 3.05. The summed E-state index contributed by atoms with van der Waals surface area (Å²) in [7, 11) is 1.73. The van der Waals surface area contributed by atoms with Gasteiger partial charge in [0.2, 0.25) is 0 Å². The Morgan fingerprint density at radius 1 is 1.26 bits per heavy atom. The lowest BCUT2D eigenvalue weighted by molar-refractivity contribution is -0.135. The maximum absolute atomic E-state index is 13.3. The van der Waals surface area contributed by atoms with Crippen molar-refractivity contribution >= 4 is 40.3 Å². The number of aryl methyl sites for hydroxylation is 1. The standard InChI is InChI=1S/C26H34N4O4.BrH/c1-8-34-24-15(2)18-12-30(25(27)23(18)28-16(24)3)13-21(31)17-9-10-20(29(7)14-22(32)33)19(11-17)26(4,5)6;/h9-11,27H,8,12-14H2,1-7H3,(H,32,33);1H. The molecule has 1 aliphatic rings. The summed E-state index contributed by atoms with van der Waals surface area (Å²) in [4.78, 5) is 32.5. The van der Waals surface area contributed by atoms with Gasteiger partial charge in [0.25, 0.3) is 0 Å². The number of carboxylic acid groups (broad SMARTS) is 1. The molecule has 0 atom stereocenters. The highest BCUT2D eigenvalue weighted by molar-refractivity contribution is 8.93. The molecule has 0 unspecified atom stereocenters. The number of carbonyl (C=O) groups excluding carboxylic acids is 1. The number of hydrogen-bond acceptors (Lipinski definition) is 6. The van der Waals surface area contributed by atoms with Gasteiger partial charge in [0.1, 0.15) is 23.8 Å². The topological polar surface area (TPSA) is 107 Å². The number of carbonyl (C=O) groups is 2. The number of hydrogen-bond donors (Lipinski definition) is 2. The molecule has 0 amide bonds. The summed E-state index contributed by atoms with van der Waals surface area (Å²) in [6, 6.07) is 5.40. The molecule has 190 valence electrons. The zero-order valence-electron chi connectivity index (χ0n) is 21.5. The number of Topliss-reactive ketones (excluding diaryl/α,β-unsaturated/α-hetero) is 1. The van der Waals surface area contributed by atoms with Gasteiger partial charge in [-0.2, -0.15) is 0 Å². The van der Waals surface area contributed by atoms with E-state index in [0.717, 1.165) is 33.8 Å². The van der Waals surface area contributed by atoms with Gasteiger partial charge in [-0.15, -0.1) is 17.0 Å². The molecule has 0 spiro atoms. The average molecular weight is 547 g/mol. The van der Waals surface area contributed by atoms with Crippen molar-refractivity contribution in [2.45, 2.75) is 53.5 Å². The maximum atomic E-state index is 13.3. The number of rotatable bonds is 8. The summed E-state index contributed by atoms with van der Waals surface area (Å²) in [5.74, 6) is -0.0271. The summed E-state index contributed by atoms with van der Waals surface area (Å²) in [6.45, 7) is 12.8. The first-order valence-electron chi connectivity index (χ1n) is 11.4. The number of fused-ring (bicyclic) bond motifs is 1. The van der Waals surface area contributed by atoms with Crippen molar-refractivity contribution in [3.8, 4) is 5.75 Å². The number of anilines is 1. The van der Waals surface area contributed by atoms with Gasteiger partial charge >= 0.3 is 5.97 Å². The van der Waals surface area contributed by atoms with Crippen LogP contribution >= 0.6 is 17.0 Å². The molecule has 3 rings (SSSR count). The van der Waals surface area contributed by atoms with Crippen LogP contribution < -0.4 is 9.64 Å². The van der Waals surface area contributed by atoms with E-state index in [1.54, 1.807) is 22.9 Å². The van der Waals surface area contributed by atoms with Gasteiger partial charge in [0.05, 0.1) is 18.8 Å². The lowest BCUT2D eigenvalue weighted by Gasteiger charge is -2.28. The van der Waals surface area contributed by atoms with Crippen LogP contribution in [0.3, 0.4) is 0 Å². The Morgan fingerprint density at radius 2 is 1.91 bits per heavy atom. The minimum absolute atomic E-state index is 0. The van der Waals surface area contributed by atoms with Gasteiger partial charge in [-0.1, -0.05) is 20.8 Å². The second-order valence-corrected chi connectivity index (χ2v) is 9.77. The Morgan fingerprint density at radius 3 is 2.49 bits per heavy atom. The van der Waals surface area contributed by atoms with E-state index in [1.807, 2.05) is 53.7 Å². The molecular formula is C26H35BrN4O4. The number of halogens is 1. The van der Waals surface area contributed by atoms with E-state index in [9.17, 15) is 14.7 Å². The molecule has 8 nitrogen and oxygen atoms in total. The van der Waals surface area contributed by atoms with E-state index in [4.69, 9.17) is 10.1 Å². The van der Waals surface area contributed by atoms with Crippen molar-refractivity contribution in [1.29, 1.82) is 5.41 Å². The summed E-state index contributed by atoms with van der Waals surface area (Å²) in [6.07, 6.45) is 0. The lowest BCUT2D eigenvalue weighted by atomic mass is 9.84. The van der Waals surface area contributed by atoms with Crippen molar-refractivity contribution in [3.63, 3.8) is 0 Å². The normalized spacial score (nSPS) is 12.8. The zero-order valence-corrected chi connectivity index (χ0v) is 23.2. The fourth-order valence-corrected chi connectivity index (χ4v) is 4.37. The number of aromatic nitrogens is 1. The largest absolute Gasteiger partial charge is 0.492 e. The Bertz CT molecular complexity index is 1160. The summed E-state index contributed by atoms with van der Waals surface area (Å²) >= 11 is 0. The zero-order chi connectivity index (χ0) is 25.4. The quantitative estimate of drug-likeness (QED) is 0.468. The number of carboxylic acids is 1. The number of likely N-dealkylation sites (N-methyl/N-ethyl adjacent to an activating group) is 1. The van der Waals surface area contributed by atoms with Gasteiger partial charge < -0.3 is 19.6 Å². The third kappa shape index (κ3) is 5.83. The monoisotopic (exact) mass is 546 g/mol. The number of nitrogens with one attached hydrogen (secondary N) is 1. The highest BCUT2D eigenvalue weighted by Crippen LogP contribution is 2.34. The molecule has 0 fully saturated rings. The SMILES string of the molecule is Br.CCOc1c(C)nc2c(c1C)CN(CC(=O)c1ccc(N(C)CC(=O)O)c(C(C)(C)C)c1)C2=N. The van der Waals surface area contributed by atoms with E-state index in [0.29, 0.717) is 24.4 Å². The lowest BCUT2D eigenvalue weighted by Crippen LogP contribution is -2.31. The molecule has 0 aliphatic carbocycles. The number of ether oxygens (including phenoxy) is 1. The molecule has 0 radical (unpaired) electrons. The van der Waals surface area contributed by atoms with Crippen LogP contribution in [-0.2, 0) is 16.8 Å². The highest BCUT2D eigenvalue weighted by atomic mass is 79.9. The minimum atomic E-state index is -0.916. The third-order valence-corrected chi connectivity index (χ3v) is 6.11. The van der Waals surface area contributed by atoms with Crippen LogP contribution in [0.25, 0.3) is 0 Å². The number of ketones is 1.